The van der Waals surface area contributed by atoms with E-state index >= 15 is 0 Å². The van der Waals surface area contributed by atoms with Gasteiger partial charge in [0.25, 0.3) is 0 Å². The molecule has 1 aromatic carbocycles. The fourth-order valence-corrected chi connectivity index (χ4v) is 2.94. The van der Waals surface area contributed by atoms with E-state index in [0.29, 0.717) is 11.6 Å². The molecule has 0 amide bonds. The van der Waals surface area contributed by atoms with E-state index in [1.54, 1.807) is 12.1 Å². The molecule has 1 heterocycles. The van der Waals surface area contributed by atoms with Crippen molar-refractivity contribution in [1.29, 1.82) is 0 Å². The van der Waals surface area contributed by atoms with Crippen molar-refractivity contribution in [3.8, 4) is 0 Å². The molecule has 0 aliphatic carbocycles. The molecule has 0 saturated carbocycles. The molecule has 19 heavy (non-hydrogen) atoms. The van der Waals surface area contributed by atoms with E-state index in [4.69, 9.17) is 5.11 Å². The van der Waals surface area contributed by atoms with E-state index < -0.39 is 5.97 Å². The lowest BCUT2D eigenvalue weighted by Crippen LogP contribution is -2.33. The number of carboxylic acids is 1. The van der Waals surface area contributed by atoms with E-state index in [1.165, 1.54) is 32.1 Å². The highest BCUT2D eigenvalue weighted by Crippen LogP contribution is 2.21. The minimum Gasteiger partial charge on any atom is -0.478 e. The second kappa shape index (κ2) is 6.71. The second-order valence-corrected chi connectivity index (χ2v) is 5.39. The maximum Gasteiger partial charge on any atom is 0.335 e. The van der Waals surface area contributed by atoms with Gasteiger partial charge in [0.1, 0.15) is 0 Å². The summed E-state index contributed by atoms with van der Waals surface area (Å²) in [4.78, 5) is 13.5. The monoisotopic (exact) mass is 261 g/mol. The summed E-state index contributed by atoms with van der Waals surface area (Å²) in [5.41, 5.74) is 1.50. The molecule has 3 heteroatoms. The third kappa shape index (κ3) is 3.80. The van der Waals surface area contributed by atoms with Crippen molar-refractivity contribution in [3.05, 3.63) is 35.4 Å². The molecule has 3 nitrogen and oxygen atoms in total. The molecule has 104 valence electrons. The molecule has 1 saturated heterocycles. The fraction of sp³-hybridized carbons (Fsp3) is 0.562. The summed E-state index contributed by atoms with van der Waals surface area (Å²) in [5, 5.41) is 9.04. The second-order valence-electron chi connectivity index (χ2n) is 5.39. The first-order valence-electron chi connectivity index (χ1n) is 7.27. The van der Waals surface area contributed by atoms with Crippen molar-refractivity contribution < 1.29 is 9.90 Å². The van der Waals surface area contributed by atoms with Gasteiger partial charge in [-0.05, 0) is 43.5 Å². The molecule has 2 rings (SSSR count). The molecule has 0 spiro atoms. The number of likely N-dealkylation sites (tertiary alicyclic amines) is 1. The summed E-state index contributed by atoms with van der Waals surface area (Å²) >= 11 is 0. The summed E-state index contributed by atoms with van der Waals surface area (Å²) in [6.07, 6.45) is 6.36. The topological polar surface area (TPSA) is 40.5 Å². The molecular weight excluding hydrogens is 238 g/mol. The summed E-state index contributed by atoms with van der Waals surface area (Å²) in [6, 6.07) is 7.99. The van der Waals surface area contributed by atoms with Crippen LogP contribution < -0.4 is 0 Å². The summed E-state index contributed by atoms with van der Waals surface area (Å²) in [7, 11) is 0. The van der Waals surface area contributed by atoms with E-state index in [1.807, 2.05) is 12.1 Å². The zero-order chi connectivity index (χ0) is 13.7. The Bertz CT molecular complexity index is 431. The maximum atomic E-state index is 11.0. The van der Waals surface area contributed by atoms with Gasteiger partial charge in [0.15, 0.2) is 0 Å². The van der Waals surface area contributed by atoms with E-state index in [2.05, 4.69) is 11.8 Å². The normalized spacial score (nSPS) is 21.0. The first kappa shape index (κ1) is 14.1. The Labute approximate surface area is 115 Å². The van der Waals surface area contributed by atoms with E-state index in [0.717, 1.165) is 18.7 Å². The third-order valence-electron chi connectivity index (χ3n) is 4.03. The number of hydrogen-bond donors (Lipinski definition) is 1. The van der Waals surface area contributed by atoms with Gasteiger partial charge in [0, 0.05) is 12.6 Å². The Morgan fingerprint density at radius 3 is 2.95 bits per heavy atom. The number of benzene rings is 1. The van der Waals surface area contributed by atoms with Gasteiger partial charge in [-0.15, -0.1) is 0 Å². The van der Waals surface area contributed by atoms with Crippen LogP contribution in [0.5, 0.6) is 0 Å². The van der Waals surface area contributed by atoms with Gasteiger partial charge in [0.2, 0.25) is 0 Å². The van der Waals surface area contributed by atoms with Crippen LogP contribution in [0.3, 0.4) is 0 Å². The fourth-order valence-electron chi connectivity index (χ4n) is 2.94. The molecule has 0 radical (unpaired) electrons. The third-order valence-corrected chi connectivity index (χ3v) is 4.03. The van der Waals surface area contributed by atoms with Gasteiger partial charge in [-0.3, -0.25) is 4.90 Å². The molecule has 1 unspecified atom stereocenters. The van der Waals surface area contributed by atoms with Gasteiger partial charge in [0.05, 0.1) is 5.56 Å². The van der Waals surface area contributed by atoms with Crippen LogP contribution in [0.4, 0.5) is 0 Å². The van der Waals surface area contributed by atoms with Gasteiger partial charge < -0.3 is 5.11 Å². The van der Waals surface area contributed by atoms with E-state index in [-0.39, 0.29) is 0 Å². The first-order valence-corrected chi connectivity index (χ1v) is 7.27. The lowest BCUT2D eigenvalue weighted by atomic mass is 10.1. The standard InChI is InChI=1S/C16H23NO2/c1-2-15-9-4-3-5-10-17(15)12-13-7-6-8-14(11-13)16(18)19/h6-8,11,15H,2-5,9-10,12H2,1H3,(H,18,19). The molecule has 1 atom stereocenters. The Kier molecular flexibility index (Phi) is 4.97. The highest BCUT2D eigenvalue weighted by molar-refractivity contribution is 5.87. The molecule has 0 aromatic heterocycles. The Morgan fingerprint density at radius 2 is 2.21 bits per heavy atom. The van der Waals surface area contributed by atoms with Crippen molar-refractivity contribution in [2.45, 2.75) is 51.6 Å². The van der Waals surface area contributed by atoms with Gasteiger partial charge >= 0.3 is 5.97 Å². The largest absolute Gasteiger partial charge is 0.478 e. The molecule has 0 bridgehead atoms. The van der Waals surface area contributed by atoms with Crippen molar-refractivity contribution in [2.24, 2.45) is 0 Å². The van der Waals surface area contributed by atoms with Crippen LogP contribution in [0.15, 0.2) is 24.3 Å². The molecule has 1 N–H and O–H groups in total. The summed E-state index contributed by atoms with van der Waals surface area (Å²) in [6.45, 7) is 4.26. The van der Waals surface area contributed by atoms with Crippen molar-refractivity contribution in [2.75, 3.05) is 6.54 Å². The highest BCUT2D eigenvalue weighted by Gasteiger charge is 2.19. The number of aromatic carboxylic acids is 1. The average Bonchev–Trinajstić information content (AvgIpc) is 2.64. The average molecular weight is 261 g/mol. The predicted octanol–water partition coefficient (Wildman–Crippen LogP) is 3.54. The quantitative estimate of drug-likeness (QED) is 0.901. The molecule has 1 aromatic rings. The molecule has 1 fully saturated rings. The summed E-state index contributed by atoms with van der Waals surface area (Å²) in [5.74, 6) is -0.843. The predicted molar refractivity (Wildman–Crippen MR) is 76.4 cm³/mol. The molecule has 1 aliphatic heterocycles. The van der Waals surface area contributed by atoms with Gasteiger partial charge in [-0.2, -0.15) is 0 Å². The molecule has 1 aliphatic rings. The Balaban J connectivity index is 2.09. The number of rotatable bonds is 4. The minimum atomic E-state index is -0.843. The van der Waals surface area contributed by atoms with Crippen molar-refractivity contribution in [3.63, 3.8) is 0 Å². The van der Waals surface area contributed by atoms with Gasteiger partial charge in [-0.1, -0.05) is 31.9 Å². The SMILES string of the molecule is CCC1CCCCCN1Cc1cccc(C(=O)O)c1. The van der Waals surface area contributed by atoms with Crippen LogP contribution in [0.2, 0.25) is 0 Å². The smallest absolute Gasteiger partial charge is 0.335 e. The van der Waals surface area contributed by atoms with Crippen molar-refractivity contribution >= 4 is 5.97 Å². The molecular formula is C16H23NO2. The minimum absolute atomic E-state index is 0.389. The summed E-state index contributed by atoms with van der Waals surface area (Å²) < 4.78 is 0. The number of hydrogen-bond acceptors (Lipinski definition) is 2. The number of carboxylic acid groups (broad SMARTS) is 1. The highest BCUT2D eigenvalue weighted by atomic mass is 16.4. The number of nitrogens with zero attached hydrogens (tertiary/aromatic N) is 1. The van der Waals surface area contributed by atoms with Crippen molar-refractivity contribution in [1.82, 2.24) is 4.90 Å². The van der Waals surface area contributed by atoms with Crippen LogP contribution in [-0.4, -0.2) is 28.6 Å². The zero-order valence-electron chi connectivity index (χ0n) is 11.6. The lowest BCUT2D eigenvalue weighted by molar-refractivity contribution is 0.0696. The van der Waals surface area contributed by atoms with Crippen LogP contribution in [-0.2, 0) is 6.54 Å². The van der Waals surface area contributed by atoms with Crippen LogP contribution in [0.25, 0.3) is 0 Å². The number of carbonyl (C=O) groups is 1. The van der Waals surface area contributed by atoms with Crippen LogP contribution in [0, 0.1) is 0 Å². The van der Waals surface area contributed by atoms with Crippen LogP contribution in [0.1, 0.15) is 54.9 Å². The first-order chi connectivity index (χ1) is 9.20. The van der Waals surface area contributed by atoms with Crippen LogP contribution >= 0.6 is 0 Å². The Hall–Kier alpha value is -1.35. The zero-order valence-corrected chi connectivity index (χ0v) is 11.6. The Morgan fingerprint density at radius 1 is 1.37 bits per heavy atom. The lowest BCUT2D eigenvalue weighted by Gasteiger charge is -2.29. The maximum absolute atomic E-state index is 11.0. The van der Waals surface area contributed by atoms with Gasteiger partial charge in [-0.25, -0.2) is 4.79 Å². The van der Waals surface area contributed by atoms with E-state index in [9.17, 15) is 4.79 Å².